The summed E-state index contributed by atoms with van der Waals surface area (Å²) < 4.78 is 0. The summed E-state index contributed by atoms with van der Waals surface area (Å²) in [5.41, 5.74) is 0. The van der Waals surface area contributed by atoms with E-state index in [9.17, 15) is 19.2 Å². The standard InChI is InChI=1S/C19H28N4O4/c24-16-10-20-7-9-22(16)13-4-3-8-21(11-13)17(25)12-23-18(26)14-5-1-2-6-15(14)19(23)27/h13-15,20H,1-12H2. The van der Waals surface area contributed by atoms with Gasteiger partial charge >= 0.3 is 0 Å². The van der Waals surface area contributed by atoms with E-state index in [0.29, 0.717) is 26.2 Å². The molecule has 4 amide bonds. The van der Waals surface area contributed by atoms with Crippen LogP contribution in [0.3, 0.4) is 0 Å². The van der Waals surface area contributed by atoms with Crippen molar-refractivity contribution < 1.29 is 19.2 Å². The Morgan fingerprint density at radius 3 is 2.33 bits per heavy atom. The molecule has 0 radical (unpaired) electrons. The second-order valence-corrected chi connectivity index (χ2v) is 8.16. The van der Waals surface area contributed by atoms with Crippen molar-refractivity contribution in [1.29, 1.82) is 0 Å². The normalized spacial score (nSPS) is 32.1. The summed E-state index contributed by atoms with van der Waals surface area (Å²) in [6, 6.07) is 0.0323. The Morgan fingerprint density at radius 1 is 0.963 bits per heavy atom. The smallest absolute Gasteiger partial charge is 0.242 e. The first-order valence-corrected chi connectivity index (χ1v) is 10.2. The maximum atomic E-state index is 12.8. The predicted octanol–water partition coefficient (Wildman–Crippen LogP) is -0.416. The van der Waals surface area contributed by atoms with Gasteiger partial charge < -0.3 is 15.1 Å². The van der Waals surface area contributed by atoms with Crippen LogP contribution in [0.2, 0.25) is 0 Å². The van der Waals surface area contributed by atoms with Crippen molar-refractivity contribution in [3.63, 3.8) is 0 Å². The first kappa shape index (κ1) is 18.4. The van der Waals surface area contributed by atoms with Crippen LogP contribution in [0.4, 0.5) is 0 Å². The molecule has 3 unspecified atom stereocenters. The highest BCUT2D eigenvalue weighted by Gasteiger charge is 2.49. The summed E-state index contributed by atoms with van der Waals surface area (Å²) in [6.45, 7) is 2.76. The Balaban J connectivity index is 1.38. The number of imide groups is 1. The fourth-order valence-electron chi connectivity index (χ4n) is 5.07. The summed E-state index contributed by atoms with van der Waals surface area (Å²) in [4.78, 5) is 55.0. The van der Waals surface area contributed by atoms with E-state index in [1.807, 2.05) is 4.90 Å². The number of piperidine rings is 1. The van der Waals surface area contributed by atoms with E-state index in [1.165, 1.54) is 4.90 Å². The Bertz CT molecular complexity index is 628. The van der Waals surface area contributed by atoms with Crippen LogP contribution in [-0.2, 0) is 19.2 Å². The van der Waals surface area contributed by atoms with E-state index >= 15 is 0 Å². The molecular formula is C19H28N4O4. The average Bonchev–Trinajstić information content (AvgIpc) is 2.93. The number of rotatable bonds is 3. The minimum absolute atomic E-state index is 0.0323. The second kappa shape index (κ2) is 7.58. The van der Waals surface area contributed by atoms with Crippen LogP contribution < -0.4 is 5.32 Å². The largest absolute Gasteiger partial charge is 0.339 e. The lowest BCUT2D eigenvalue weighted by atomic mass is 9.81. The molecule has 0 spiro atoms. The number of carbonyl (C=O) groups excluding carboxylic acids is 4. The number of hydrogen-bond donors (Lipinski definition) is 1. The molecule has 4 aliphatic rings. The Kier molecular flexibility index (Phi) is 5.16. The van der Waals surface area contributed by atoms with Gasteiger partial charge in [-0.2, -0.15) is 0 Å². The van der Waals surface area contributed by atoms with Crippen LogP contribution in [0.5, 0.6) is 0 Å². The summed E-state index contributed by atoms with van der Waals surface area (Å²) in [6.07, 6.45) is 5.21. The molecule has 4 fully saturated rings. The lowest BCUT2D eigenvalue weighted by molar-refractivity contribution is -0.148. The monoisotopic (exact) mass is 376 g/mol. The molecule has 8 heteroatoms. The van der Waals surface area contributed by atoms with E-state index in [2.05, 4.69) is 5.32 Å². The molecule has 0 aromatic carbocycles. The number of carbonyl (C=O) groups is 4. The van der Waals surface area contributed by atoms with Crippen LogP contribution in [0.25, 0.3) is 0 Å². The van der Waals surface area contributed by atoms with Crippen LogP contribution >= 0.6 is 0 Å². The van der Waals surface area contributed by atoms with Crippen LogP contribution in [0.15, 0.2) is 0 Å². The molecule has 3 heterocycles. The maximum absolute atomic E-state index is 12.8. The van der Waals surface area contributed by atoms with E-state index in [0.717, 1.165) is 45.1 Å². The van der Waals surface area contributed by atoms with Crippen molar-refractivity contribution in [3.05, 3.63) is 0 Å². The van der Waals surface area contributed by atoms with Gasteiger partial charge in [0.2, 0.25) is 23.6 Å². The van der Waals surface area contributed by atoms with E-state index in [-0.39, 0.29) is 48.1 Å². The lowest BCUT2D eigenvalue weighted by Gasteiger charge is -2.41. The fourth-order valence-corrected chi connectivity index (χ4v) is 5.07. The summed E-state index contributed by atoms with van der Waals surface area (Å²) in [5, 5.41) is 3.07. The molecule has 27 heavy (non-hydrogen) atoms. The molecule has 4 rings (SSSR count). The van der Waals surface area contributed by atoms with Crippen molar-refractivity contribution in [2.75, 3.05) is 39.3 Å². The van der Waals surface area contributed by atoms with Gasteiger partial charge in [0.1, 0.15) is 6.54 Å². The minimum atomic E-state index is -0.216. The first-order chi connectivity index (χ1) is 13.1. The third-order valence-electron chi connectivity index (χ3n) is 6.54. The molecule has 0 bridgehead atoms. The van der Waals surface area contributed by atoms with Gasteiger partial charge in [0.05, 0.1) is 18.4 Å². The van der Waals surface area contributed by atoms with Gasteiger partial charge in [-0.3, -0.25) is 24.1 Å². The quantitative estimate of drug-likeness (QED) is 0.676. The lowest BCUT2D eigenvalue weighted by Crippen LogP contribution is -2.58. The van der Waals surface area contributed by atoms with Crippen LogP contribution in [0.1, 0.15) is 38.5 Å². The third kappa shape index (κ3) is 3.47. The van der Waals surface area contributed by atoms with Gasteiger partial charge in [-0.05, 0) is 25.7 Å². The topological polar surface area (TPSA) is 90.0 Å². The first-order valence-electron chi connectivity index (χ1n) is 10.2. The van der Waals surface area contributed by atoms with Crippen molar-refractivity contribution >= 4 is 23.6 Å². The number of likely N-dealkylation sites (tertiary alicyclic amines) is 2. The molecule has 8 nitrogen and oxygen atoms in total. The van der Waals surface area contributed by atoms with Crippen molar-refractivity contribution in [3.8, 4) is 0 Å². The number of amides is 4. The van der Waals surface area contributed by atoms with Crippen molar-refractivity contribution in [2.24, 2.45) is 11.8 Å². The second-order valence-electron chi connectivity index (χ2n) is 8.16. The van der Waals surface area contributed by atoms with E-state index < -0.39 is 0 Å². The van der Waals surface area contributed by atoms with Gasteiger partial charge in [0, 0.05) is 32.2 Å². The van der Waals surface area contributed by atoms with Crippen LogP contribution in [0, 0.1) is 11.8 Å². The molecule has 3 atom stereocenters. The average molecular weight is 376 g/mol. The number of piperazine rings is 1. The zero-order valence-corrected chi connectivity index (χ0v) is 15.7. The highest BCUT2D eigenvalue weighted by atomic mass is 16.2. The Labute approximate surface area is 159 Å². The molecule has 1 N–H and O–H groups in total. The number of nitrogens with zero attached hydrogens (tertiary/aromatic N) is 3. The van der Waals surface area contributed by atoms with Gasteiger partial charge in [-0.25, -0.2) is 0 Å². The van der Waals surface area contributed by atoms with Gasteiger partial charge in [0.15, 0.2) is 0 Å². The van der Waals surface area contributed by atoms with Crippen molar-refractivity contribution in [1.82, 2.24) is 20.0 Å². The molecule has 1 aliphatic carbocycles. The number of fused-ring (bicyclic) bond motifs is 1. The SMILES string of the molecule is O=C(CN1C(=O)C2CCCCC2C1=O)N1CCCC(N2CCNCC2=O)C1. The third-order valence-corrected chi connectivity index (χ3v) is 6.54. The predicted molar refractivity (Wildman–Crippen MR) is 96.4 cm³/mol. The zero-order chi connectivity index (χ0) is 19.0. The van der Waals surface area contributed by atoms with Crippen molar-refractivity contribution in [2.45, 2.75) is 44.6 Å². The molecule has 1 saturated carbocycles. The number of nitrogens with one attached hydrogen (secondary N) is 1. The highest BCUT2D eigenvalue weighted by molar-refractivity contribution is 6.07. The summed E-state index contributed by atoms with van der Waals surface area (Å²) in [5.74, 6) is -0.858. The molecule has 3 aliphatic heterocycles. The van der Waals surface area contributed by atoms with Gasteiger partial charge in [-0.1, -0.05) is 12.8 Å². The Morgan fingerprint density at radius 2 is 1.67 bits per heavy atom. The van der Waals surface area contributed by atoms with Crippen LogP contribution in [-0.4, -0.2) is 83.6 Å². The highest BCUT2D eigenvalue weighted by Crippen LogP contribution is 2.38. The molecule has 3 saturated heterocycles. The molecule has 148 valence electrons. The Hall–Kier alpha value is -1.96. The maximum Gasteiger partial charge on any atom is 0.242 e. The number of hydrogen-bond acceptors (Lipinski definition) is 5. The summed E-state index contributed by atoms with van der Waals surface area (Å²) in [7, 11) is 0. The van der Waals surface area contributed by atoms with Gasteiger partial charge in [-0.15, -0.1) is 0 Å². The fraction of sp³-hybridized carbons (Fsp3) is 0.789. The molecular weight excluding hydrogens is 348 g/mol. The zero-order valence-electron chi connectivity index (χ0n) is 15.7. The van der Waals surface area contributed by atoms with E-state index in [4.69, 9.17) is 0 Å². The van der Waals surface area contributed by atoms with E-state index in [1.54, 1.807) is 4.90 Å². The molecule has 0 aromatic rings. The van der Waals surface area contributed by atoms with Gasteiger partial charge in [0.25, 0.3) is 0 Å². The summed E-state index contributed by atoms with van der Waals surface area (Å²) >= 11 is 0. The minimum Gasteiger partial charge on any atom is -0.339 e. The molecule has 0 aromatic heterocycles.